The molecular weight excluding hydrogens is 208 g/mol. The number of hydrogen-bond donors (Lipinski definition) is 2. The second-order valence-corrected chi connectivity index (χ2v) is 4.11. The van der Waals surface area contributed by atoms with Gasteiger partial charge in [0.1, 0.15) is 6.61 Å². The van der Waals surface area contributed by atoms with Crippen LogP contribution in [0.3, 0.4) is 0 Å². The predicted molar refractivity (Wildman–Crippen MR) is 59.2 cm³/mol. The summed E-state index contributed by atoms with van der Waals surface area (Å²) in [7, 11) is 1.53. The summed E-state index contributed by atoms with van der Waals surface area (Å²) in [5.41, 5.74) is 5.57. The van der Waals surface area contributed by atoms with Gasteiger partial charge in [0.15, 0.2) is 5.69 Å². The lowest BCUT2D eigenvalue weighted by Crippen LogP contribution is -2.38. The first-order valence-electron chi connectivity index (χ1n) is 4.90. The van der Waals surface area contributed by atoms with Crippen LogP contribution in [0.25, 0.3) is 0 Å². The molecule has 0 aromatic carbocycles. The Labute approximate surface area is 94.2 Å². The van der Waals surface area contributed by atoms with Gasteiger partial charge in [-0.05, 0) is 19.9 Å². The standard InChI is InChI=1S/C10H16N4O2/c1-10(2,11)6-16-8-5-4-7(13-14-8)9(15)12-3/h4-5H,6,11H2,1-3H3,(H,12,15). The van der Waals surface area contributed by atoms with Gasteiger partial charge in [0.05, 0.1) is 0 Å². The van der Waals surface area contributed by atoms with E-state index < -0.39 is 5.54 Å². The molecule has 1 heterocycles. The number of amides is 1. The van der Waals surface area contributed by atoms with Crippen LogP contribution in [0.5, 0.6) is 5.88 Å². The topological polar surface area (TPSA) is 90.1 Å². The van der Waals surface area contributed by atoms with E-state index in [9.17, 15) is 4.79 Å². The number of carbonyl (C=O) groups excluding carboxylic acids is 1. The van der Waals surface area contributed by atoms with E-state index in [4.69, 9.17) is 10.5 Å². The smallest absolute Gasteiger partial charge is 0.271 e. The molecule has 0 fully saturated rings. The highest BCUT2D eigenvalue weighted by Crippen LogP contribution is 2.07. The lowest BCUT2D eigenvalue weighted by molar-refractivity contribution is 0.0956. The van der Waals surface area contributed by atoms with Crippen LogP contribution in [-0.4, -0.2) is 35.3 Å². The van der Waals surface area contributed by atoms with Crippen molar-refractivity contribution in [2.45, 2.75) is 19.4 Å². The number of hydrogen-bond acceptors (Lipinski definition) is 5. The Morgan fingerprint density at radius 1 is 1.50 bits per heavy atom. The third kappa shape index (κ3) is 3.82. The summed E-state index contributed by atoms with van der Waals surface area (Å²) >= 11 is 0. The molecule has 0 saturated heterocycles. The van der Waals surface area contributed by atoms with Crippen LogP contribution >= 0.6 is 0 Å². The zero-order chi connectivity index (χ0) is 12.2. The van der Waals surface area contributed by atoms with Crippen molar-refractivity contribution in [3.63, 3.8) is 0 Å². The zero-order valence-electron chi connectivity index (χ0n) is 9.65. The zero-order valence-corrected chi connectivity index (χ0v) is 9.65. The van der Waals surface area contributed by atoms with E-state index in [1.165, 1.54) is 7.05 Å². The third-order valence-electron chi connectivity index (χ3n) is 1.69. The number of aromatic nitrogens is 2. The van der Waals surface area contributed by atoms with Crippen molar-refractivity contribution in [1.29, 1.82) is 0 Å². The van der Waals surface area contributed by atoms with Crippen molar-refractivity contribution in [3.8, 4) is 5.88 Å². The molecule has 0 aliphatic heterocycles. The number of nitrogens with two attached hydrogens (primary N) is 1. The molecule has 16 heavy (non-hydrogen) atoms. The summed E-state index contributed by atoms with van der Waals surface area (Å²) in [6, 6.07) is 3.13. The molecule has 0 spiro atoms. The number of nitrogens with one attached hydrogen (secondary N) is 1. The first-order valence-corrected chi connectivity index (χ1v) is 4.90. The largest absolute Gasteiger partial charge is 0.475 e. The first-order chi connectivity index (χ1) is 7.42. The molecule has 0 unspecified atom stereocenters. The van der Waals surface area contributed by atoms with Crippen LogP contribution in [0.4, 0.5) is 0 Å². The van der Waals surface area contributed by atoms with Gasteiger partial charge in [0.2, 0.25) is 5.88 Å². The van der Waals surface area contributed by atoms with Crippen LogP contribution in [0.1, 0.15) is 24.3 Å². The Bertz CT molecular complexity index is 356. The van der Waals surface area contributed by atoms with E-state index in [1.807, 2.05) is 13.8 Å². The highest BCUT2D eigenvalue weighted by molar-refractivity contribution is 5.91. The van der Waals surface area contributed by atoms with E-state index in [2.05, 4.69) is 15.5 Å². The summed E-state index contributed by atoms with van der Waals surface area (Å²) in [5, 5.41) is 9.94. The molecule has 0 aliphatic rings. The van der Waals surface area contributed by atoms with Crippen molar-refractivity contribution < 1.29 is 9.53 Å². The van der Waals surface area contributed by atoms with Crippen LogP contribution < -0.4 is 15.8 Å². The maximum Gasteiger partial charge on any atom is 0.271 e. The minimum absolute atomic E-state index is 0.252. The normalized spacial score (nSPS) is 11.0. The van der Waals surface area contributed by atoms with Crippen LogP contribution in [0.2, 0.25) is 0 Å². The Morgan fingerprint density at radius 2 is 2.19 bits per heavy atom. The quantitative estimate of drug-likeness (QED) is 0.748. The second-order valence-electron chi connectivity index (χ2n) is 4.11. The highest BCUT2D eigenvalue weighted by Gasteiger charge is 2.12. The molecule has 3 N–H and O–H groups in total. The van der Waals surface area contributed by atoms with Gasteiger partial charge in [-0.15, -0.1) is 10.2 Å². The van der Waals surface area contributed by atoms with E-state index in [0.29, 0.717) is 12.5 Å². The van der Waals surface area contributed by atoms with Crippen molar-refractivity contribution in [3.05, 3.63) is 17.8 Å². The van der Waals surface area contributed by atoms with Gasteiger partial charge in [-0.3, -0.25) is 4.79 Å². The maximum absolute atomic E-state index is 11.2. The average Bonchev–Trinajstić information content (AvgIpc) is 2.25. The average molecular weight is 224 g/mol. The van der Waals surface area contributed by atoms with Crippen molar-refractivity contribution >= 4 is 5.91 Å². The van der Waals surface area contributed by atoms with Gasteiger partial charge < -0.3 is 15.8 Å². The summed E-state index contributed by atoms with van der Waals surface area (Å²) in [6.07, 6.45) is 0. The Balaban J connectivity index is 2.62. The summed E-state index contributed by atoms with van der Waals surface area (Å²) in [6.45, 7) is 4.03. The third-order valence-corrected chi connectivity index (χ3v) is 1.69. The highest BCUT2D eigenvalue weighted by atomic mass is 16.5. The fourth-order valence-corrected chi connectivity index (χ4v) is 0.906. The number of rotatable bonds is 4. The Kier molecular flexibility index (Phi) is 3.78. The first kappa shape index (κ1) is 12.4. The number of ether oxygens (including phenoxy) is 1. The Morgan fingerprint density at radius 3 is 2.62 bits per heavy atom. The van der Waals surface area contributed by atoms with Crippen molar-refractivity contribution in [2.75, 3.05) is 13.7 Å². The summed E-state index contributed by atoms with van der Waals surface area (Å²) < 4.78 is 5.31. The fourth-order valence-electron chi connectivity index (χ4n) is 0.906. The molecule has 1 rings (SSSR count). The SMILES string of the molecule is CNC(=O)c1ccc(OCC(C)(C)N)nn1. The minimum atomic E-state index is -0.429. The maximum atomic E-state index is 11.2. The lowest BCUT2D eigenvalue weighted by atomic mass is 10.1. The predicted octanol–water partition coefficient (Wildman–Crippen LogP) is -0.0477. The van der Waals surface area contributed by atoms with E-state index in [0.717, 1.165) is 0 Å². The molecule has 1 amide bonds. The molecule has 0 saturated carbocycles. The Hall–Kier alpha value is -1.69. The molecule has 1 aromatic rings. The van der Waals surface area contributed by atoms with Crippen LogP contribution in [-0.2, 0) is 0 Å². The lowest BCUT2D eigenvalue weighted by Gasteiger charge is -2.17. The van der Waals surface area contributed by atoms with Gasteiger partial charge in [0.25, 0.3) is 5.91 Å². The van der Waals surface area contributed by atoms with Gasteiger partial charge in [0, 0.05) is 18.7 Å². The van der Waals surface area contributed by atoms with E-state index >= 15 is 0 Å². The summed E-state index contributed by atoms with van der Waals surface area (Å²) in [5.74, 6) is 0.0735. The molecule has 6 nitrogen and oxygen atoms in total. The summed E-state index contributed by atoms with van der Waals surface area (Å²) in [4.78, 5) is 11.2. The minimum Gasteiger partial charge on any atom is -0.475 e. The number of carbonyl (C=O) groups is 1. The molecule has 6 heteroatoms. The molecule has 88 valence electrons. The number of nitrogens with zero attached hydrogens (tertiary/aromatic N) is 2. The van der Waals surface area contributed by atoms with Crippen molar-refractivity contribution in [2.24, 2.45) is 5.73 Å². The monoisotopic (exact) mass is 224 g/mol. The van der Waals surface area contributed by atoms with Gasteiger partial charge in [-0.1, -0.05) is 0 Å². The molecule has 1 aromatic heterocycles. The molecule has 0 radical (unpaired) electrons. The molecule has 0 aliphatic carbocycles. The van der Waals surface area contributed by atoms with Gasteiger partial charge >= 0.3 is 0 Å². The molecular formula is C10H16N4O2. The van der Waals surface area contributed by atoms with E-state index in [1.54, 1.807) is 12.1 Å². The molecule has 0 atom stereocenters. The fraction of sp³-hybridized carbons (Fsp3) is 0.500. The van der Waals surface area contributed by atoms with Gasteiger partial charge in [-0.25, -0.2) is 0 Å². The van der Waals surface area contributed by atoms with Crippen molar-refractivity contribution in [1.82, 2.24) is 15.5 Å². The van der Waals surface area contributed by atoms with Crippen LogP contribution in [0, 0.1) is 0 Å². The van der Waals surface area contributed by atoms with Crippen LogP contribution in [0.15, 0.2) is 12.1 Å². The van der Waals surface area contributed by atoms with E-state index in [-0.39, 0.29) is 11.6 Å². The second kappa shape index (κ2) is 4.89. The van der Waals surface area contributed by atoms with Gasteiger partial charge in [-0.2, -0.15) is 0 Å². The molecule has 0 bridgehead atoms.